The van der Waals surface area contributed by atoms with Crippen LogP contribution in [0.25, 0.3) is 0 Å². The largest absolute Gasteiger partial charge is 0.480 e. The molecular formula is C6H13NO4. The first kappa shape index (κ1) is 10.3. The molecule has 5 heteroatoms. The summed E-state index contributed by atoms with van der Waals surface area (Å²) in [4.78, 5) is 10.4. The van der Waals surface area contributed by atoms with Gasteiger partial charge in [-0.25, -0.2) is 0 Å². The first-order valence-corrected chi connectivity index (χ1v) is 3.21. The fourth-order valence-electron chi connectivity index (χ4n) is 0.641. The number of hydrogen-bond donors (Lipinski definition) is 4. The second-order valence-electron chi connectivity index (χ2n) is 2.76. The number of carboxylic acids is 1. The molecule has 0 rings (SSSR count). The van der Waals surface area contributed by atoms with E-state index in [-0.39, 0.29) is 6.42 Å². The summed E-state index contributed by atoms with van der Waals surface area (Å²) in [6, 6.07) is 0. The molecule has 11 heavy (non-hydrogen) atoms. The van der Waals surface area contributed by atoms with E-state index in [2.05, 4.69) is 0 Å². The van der Waals surface area contributed by atoms with E-state index >= 15 is 0 Å². The molecule has 0 aromatic heterocycles. The maximum absolute atomic E-state index is 10.4. The van der Waals surface area contributed by atoms with E-state index in [4.69, 9.17) is 21.1 Å². The molecule has 0 heterocycles. The number of carboxylic acid groups (broad SMARTS) is 1. The first-order chi connectivity index (χ1) is 4.90. The molecule has 0 spiro atoms. The Bertz CT molecular complexity index is 146. The van der Waals surface area contributed by atoms with Crippen molar-refractivity contribution in [1.29, 1.82) is 0 Å². The van der Waals surface area contributed by atoms with Crippen LogP contribution in [-0.4, -0.2) is 39.5 Å². The highest BCUT2D eigenvalue weighted by Gasteiger charge is 2.30. The van der Waals surface area contributed by atoms with Gasteiger partial charge in [0.2, 0.25) is 0 Å². The normalized spacial score (nSPS) is 18.9. The number of aliphatic hydroxyl groups excluding tert-OH is 2. The predicted octanol–water partition coefficient (Wildman–Crippen LogP) is -1.47. The quantitative estimate of drug-likeness (QED) is 0.405. The van der Waals surface area contributed by atoms with Crippen molar-refractivity contribution in [3.8, 4) is 0 Å². The van der Waals surface area contributed by atoms with E-state index < -0.39 is 24.2 Å². The van der Waals surface area contributed by atoms with Gasteiger partial charge in [-0.2, -0.15) is 0 Å². The van der Waals surface area contributed by atoms with Crippen LogP contribution in [0.4, 0.5) is 0 Å². The van der Waals surface area contributed by atoms with Crippen LogP contribution < -0.4 is 5.73 Å². The Morgan fingerprint density at radius 1 is 1.73 bits per heavy atom. The fraction of sp³-hybridized carbons (Fsp3) is 0.833. The summed E-state index contributed by atoms with van der Waals surface area (Å²) in [6.45, 7) is 0.814. The highest BCUT2D eigenvalue weighted by atomic mass is 16.4. The fourth-order valence-corrected chi connectivity index (χ4v) is 0.641. The van der Waals surface area contributed by atoms with Crippen LogP contribution in [0.3, 0.4) is 0 Å². The molecule has 2 atom stereocenters. The van der Waals surface area contributed by atoms with Crippen LogP contribution in [0.15, 0.2) is 0 Å². The predicted molar refractivity (Wildman–Crippen MR) is 37.9 cm³/mol. The SMILES string of the molecule is C[C@@](N)(CC(O)CO)C(=O)O. The van der Waals surface area contributed by atoms with Crippen molar-refractivity contribution in [3.05, 3.63) is 0 Å². The van der Waals surface area contributed by atoms with Gasteiger partial charge in [0.25, 0.3) is 0 Å². The lowest BCUT2D eigenvalue weighted by Gasteiger charge is -2.21. The summed E-state index contributed by atoms with van der Waals surface area (Å²) in [6.07, 6.45) is -1.22. The molecule has 0 saturated carbocycles. The molecule has 5 nitrogen and oxygen atoms in total. The van der Waals surface area contributed by atoms with Crippen molar-refractivity contribution >= 4 is 5.97 Å². The van der Waals surface area contributed by atoms with Gasteiger partial charge >= 0.3 is 5.97 Å². The minimum atomic E-state index is -1.47. The van der Waals surface area contributed by atoms with Gasteiger partial charge in [-0.1, -0.05) is 0 Å². The van der Waals surface area contributed by atoms with E-state index in [1.54, 1.807) is 0 Å². The molecular weight excluding hydrogens is 150 g/mol. The third kappa shape index (κ3) is 3.31. The third-order valence-corrected chi connectivity index (χ3v) is 1.36. The highest BCUT2D eigenvalue weighted by Crippen LogP contribution is 2.08. The number of nitrogens with two attached hydrogens (primary N) is 1. The Hall–Kier alpha value is -0.650. The Labute approximate surface area is 64.4 Å². The molecule has 0 bridgehead atoms. The molecule has 0 radical (unpaired) electrons. The maximum atomic E-state index is 10.4. The second-order valence-corrected chi connectivity index (χ2v) is 2.76. The zero-order valence-electron chi connectivity index (χ0n) is 6.32. The average molecular weight is 163 g/mol. The van der Waals surface area contributed by atoms with Gasteiger partial charge in [-0.05, 0) is 6.92 Å². The Morgan fingerprint density at radius 2 is 2.18 bits per heavy atom. The monoisotopic (exact) mass is 163 g/mol. The number of aliphatic hydroxyl groups is 2. The van der Waals surface area contributed by atoms with Crippen LogP contribution in [-0.2, 0) is 4.79 Å². The van der Waals surface area contributed by atoms with Crippen LogP contribution in [0.5, 0.6) is 0 Å². The lowest BCUT2D eigenvalue weighted by molar-refractivity contribution is -0.144. The Kier molecular flexibility index (Phi) is 3.44. The van der Waals surface area contributed by atoms with Gasteiger partial charge in [0.1, 0.15) is 5.54 Å². The van der Waals surface area contributed by atoms with Gasteiger partial charge in [0.15, 0.2) is 0 Å². The summed E-state index contributed by atoms with van der Waals surface area (Å²) in [5.74, 6) is -1.19. The van der Waals surface area contributed by atoms with Crippen LogP contribution in [0, 0.1) is 0 Å². The minimum absolute atomic E-state index is 0.154. The molecule has 0 fully saturated rings. The topological polar surface area (TPSA) is 104 Å². The highest BCUT2D eigenvalue weighted by molar-refractivity contribution is 5.77. The standard InChI is InChI=1S/C6H13NO4/c1-6(7,5(10)11)2-4(9)3-8/h4,8-9H,2-3,7H2,1H3,(H,10,11)/t4?,6-/m1/s1. The van der Waals surface area contributed by atoms with Crippen molar-refractivity contribution in [2.24, 2.45) is 5.73 Å². The molecule has 1 unspecified atom stereocenters. The van der Waals surface area contributed by atoms with Gasteiger partial charge in [0, 0.05) is 6.42 Å². The molecule has 0 aliphatic heterocycles. The zero-order valence-corrected chi connectivity index (χ0v) is 6.32. The summed E-state index contributed by atoms with van der Waals surface area (Å²) < 4.78 is 0. The Morgan fingerprint density at radius 3 is 2.45 bits per heavy atom. The lowest BCUT2D eigenvalue weighted by Crippen LogP contribution is -2.47. The van der Waals surface area contributed by atoms with Gasteiger partial charge < -0.3 is 21.1 Å². The molecule has 0 aliphatic carbocycles. The van der Waals surface area contributed by atoms with Crippen LogP contribution in [0.2, 0.25) is 0 Å². The average Bonchev–Trinajstić information content (AvgIpc) is 1.86. The van der Waals surface area contributed by atoms with Crippen molar-refractivity contribution in [2.45, 2.75) is 25.0 Å². The minimum Gasteiger partial charge on any atom is -0.480 e. The molecule has 0 amide bonds. The smallest absolute Gasteiger partial charge is 0.323 e. The van der Waals surface area contributed by atoms with E-state index in [9.17, 15) is 4.79 Å². The van der Waals surface area contributed by atoms with Crippen LogP contribution >= 0.6 is 0 Å². The van der Waals surface area contributed by atoms with Gasteiger partial charge in [0.05, 0.1) is 12.7 Å². The van der Waals surface area contributed by atoms with Crippen molar-refractivity contribution in [1.82, 2.24) is 0 Å². The third-order valence-electron chi connectivity index (χ3n) is 1.36. The van der Waals surface area contributed by atoms with E-state index in [0.29, 0.717) is 0 Å². The second kappa shape index (κ2) is 3.66. The Balaban J connectivity index is 4.01. The van der Waals surface area contributed by atoms with Gasteiger partial charge in [-0.15, -0.1) is 0 Å². The first-order valence-electron chi connectivity index (χ1n) is 3.21. The molecule has 0 aliphatic rings. The zero-order chi connectivity index (χ0) is 9.07. The lowest BCUT2D eigenvalue weighted by atomic mass is 9.96. The van der Waals surface area contributed by atoms with Gasteiger partial charge in [-0.3, -0.25) is 4.79 Å². The molecule has 66 valence electrons. The van der Waals surface area contributed by atoms with E-state index in [1.807, 2.05) is 0 Å². The summed E-state index contributed by atoms with van der Waals surface area (Å²) in [5.41, 5.74) is 3.80. The molecule has 0 aromatic rings. The number of hydrogen-bond acceptors (Lipinski definition) is 4. The van der Waals surface area contributed by atoms with E-state index in [1.165, 1.54) is 6.92 Å². The van der Waals surface area contributed by atoms with Crippen molar-refractivity contribution in [2.75, 3.05) is 6.61 Å². The molecule has 0 saturated heterocycles. The summed E-state index contributed by atoms with van der Waals surface area (Å²) in [5, 5.41) is 25.7. The summed E-state index contributed by atoms with van der Waals surface area (Å²) in [7, 11) is 0. The van der Waals surface area contributed by atoms with Crippen molar-refractivity contribution < 1.29 is 20.1 Å². The number of aliphatic carboxylic acids is 1. The summed E-state index contributed by atoms with van der Waals surface area (Å²) >= 11 is 0. The number of carbonyl (C=O) groups is 1. The van der Waals surface area contributed by atoms with E-state index in [0.717, 1.165) is 0 Å². The number of rotatable bonds is 4. The van der Waals surface area contributed by atoms with Crippen molar-refractivity contribution in [3.63, 3.8) is 0 Å². The molecule has 0 aromatic carbocycles. The molecule has 5 N–H and O–H groups in total. The maximum Gasteiger partial charge on any atom is 0.323 e. The van der Waals surface area contributed by atoms with Crippen LogP contribution in [0.1, 0.15) is 13.3 Å².